The first-order valence-electron chi connectivity index (χ1n) is 4.48. The summed E-state index contributed by atoms with van der Waals surface area (Å²) in [5.41, 5.74) is 11.0. The van der Waals surface area contributed by atoms with E-state index >= 15 is 0 Å². The zero-order valence-electron chi connectivity index (χ0n) is 8.20. The zero-order chi connectivity index (χ0) is 11.7. The van der Waals surface area contributed by atoms with E-state index in [1.807, 2.05) is 0 Å². The van der Waals surface area contributed by atoms with Gasteiger partial charge in [0.25, 0.3) is 5.56 Å². The first-order valence-corrected chi connectivity index (χ1v) is 4.48. The van der Waals surface area contributed by atoms with Gasteiger partial charge in [0.15, 0.2) is 0 Å². The Balaban J connectivity index is 2.79. The highest BCUT2D eigenvalue weighted by molar-refractivity contribution is 5.78. The first-order chi connectivity index (χ1) is 7.61. The molecule has 0 unspecified atom stereocenters. The highest BCUT2D eigenvalue weighted by atomic mass is 19.1. The Morgan fingerprint density at radius 1 is 1.50 bits per heavy atom. The van der Waals surface area contributed by atoms with Gasteiger partial charge in [-0.05, 0) is 12.1 Å². The van der Waals surface area contributed by atoms with Crippen LogP contribution in [0.4, 0.5) is 4.39 Å². The number of nitrogens with zero attached hydrogens (tertiary/aromatic N) is 1. The molecule has 5 nitrogen and oxygen atoms in total. The molecule has 0 amide bonds. The van der Waals surface area contributed by atoms with Crippen LogP contribution in [-0.4, -0.2) is 9.97 Å². The molecule has 2 heterocycles. The van der Waals surface area contributed by atoms with Crippen molar-refractivity contribution >= 4 is 16.7 Å². The van der Waals surface area contributed by atoms with E-state index in [1.54, 1.807) is 0 Å². The fourth-order valence-electron chi connectivity index (χ4n) is 1.37. The number of aromatic nitrogens is 2. The maximum absolute atomic E-state index is 12.9. The molecular formula is C10H9FN4O. The Bertz CT molecular complexity index is 632. The highest BCUT2D eigenvalue weighted by Gasteiger charge is 2.06. The Kier molecular flexibility index (Phi) is 2.32. The number of aromatic amines is 1. The number of H-pyrrole nitrogens is 1. The number of hydrogen-bond acceptors (Lipinski definition) is 4. The minimum Gasteiger partial charge on any atom is -0.403 e. The minimum atomic E-state index is -0.485. The van der Waals surface area contributed by atoms with Gasteiger partial charge in [-0.3, -0.25) is 4.79 Å². The summed E-state index contributed by atoms with van der Waals surface area (Å²) in [5.74, 6) is -0.485. The van der Waals surface area contributed by atoms with Crippen LogP contribution in [-0.2, 0) is 0 Å². The fraction of sp³-hybridized carbons (Fsp3) is 0. The standard InChI is InChI=1S/C10H9FN4O/c11-6-1-5-2-7(8(13)3-12)10(16)15-9(5)14-4-6/h1-4H,12-13H2,(H,14,15,16)/b8-3-. The molecule has 5 N–H and O–H groups in total. The van der Waals surface area contributed by atoms with Crippen molar-refractivity contribution in [3.05, 3.63) is 46.3 Å². The summed E-state index contributed by atoms with van der Waals surface area (Å²) in [7, 11) is 0. The third-order valence-electron chi connectivity index (χ3n) is 2.15. The highest BCUT2D eigenvalue weighted by Crippen LogP contribution is 2.12. The van der Waals surface area contributed by atoms with E-state index in [4.69, 9.17) is 11.5 Å². The number of nitrogens with two attached hydrogens (primary N) is 2. The number of rotatable bonds is 1. The number of nitrogens with one attached hydrogen (secondary N) is 1. The molecule has 0 fully saturated rings. The van der Waals surface area contributed by atoms with Crippen molar-refractivity contribution in [2.24, 2.45) is 11.5 Å². The Morgan fingerprint density at radius 3 is 2.94 bits per heavy atom. The number of halogens is 1. The van der Waals surface area contributed by atoms with Gasteiger partial charge in [-0.2, -0.15) is 0 Å². The van der Waals surface area contributed by atoms with Gasteiger partial charge in [0.05, 0.1) is 17.5 Å². The lowest BCUT2D eigenvalue weighted by atomic mass is 10.1. The van der Waals surface area contributed by atoms with Gasteiger partial charge in [-0.25, -0.2) is 9.37 Å². The summed E-state index contributed by atoms with van der Waals surface area (Å²) >= 11 is 0. The van der Waals surface area contributed by atoms with Crippen molar-refractivity contribution in [3.63, 3.8) is 0 Å². The SMILES string of the molecule is N/C=C(\N)c1cc2cc(F)cnc2[nH]c1=O. The molecule has 0 atom stereocenters. The van der Waals surface area contributed by atoms with Crippen LogP contribution in [0.1, 0.15) is 5.56 Å². The monoisotopic (exact) mass is 220 g/mol. The molecule has 0 bridgehead atoms. The van der Waals surface area contributed by atoms with Crippen molar-refractivity contribution in [3.8, 4) is 0 Å². The molecule has 6 heteroatoms. The van der Waals surface area contributed by atoms with Crippen molar-refractivity contribution < 1.29 is 4.39 Å². The lowest BCUT2D eigenvalue weighted by Gasteiger charge is -2.02. The summed E-state index contributed by atoms with van der Waals surface area (Å²) in [6.07, 6.45) is 2.14. The number of pyridine rings is 2. The van der Waals surface area contributed by atoms with Crippen molar-refractivity contribution in [2.45, 2.75) is 0 Å². The second-order valence-electron chi connectivity index (χ2n) is 3.23. The molecular weight excluding hydrogens is 211 g/mol. The zero-order valence-corrected chi connectivity index (χ0v) is 8.20. The molecule has 2 aromatic heterocycles. The largest absolute Gasteiger partial charge is 0.403 e. The number of hydrogen-bond donors (Lipinski definition) is 3. The van der Waals surface area contributed by atoms with E-state index in [0.29, 0.717) is 11.0 Å². The second-order valence-corrected chi connectivity index (χ2v) is 3.23. The Hall–Kier alpha value is -2.37. The van der Waals surface area contributed by atoms with Gasteiger partial charge in [0.1, 0.15) is 11.5 Å². The van der Waals surface area contributed by atoms with Gasteiger partial charge in [-0.15, -0.1) is 0 Å². The van der Waals surface area contributed by atoms with E-state index in [9.17, 15) is 9.18 Å². The van der Waals surface area contributed by atoms with Crippen LogP contribution >= 0.6 is 0 Å². The predicted molar refractivity (Wildman–Crippen MR) is 58.7 cm³/mol. The summed E-state index contributed by atoms with van der Waals surface area (Å²) in [4.78, 5) is 17.8. The van der Waals surface area contributed by atoms with Crippen LogP contribution in [0.3, 0.4) is 0 Å². The molecule has 0 aliphatic carbocycles. The van der Waals surface area contributed by atoms with E-state index < -0.39 is 11.4 Å². The predicted octanol–water partition coefficient (Wildman–Crippen LogP) is 0.278. The van der Waals surface area contributed by atoms with Crippen molar-refractivity contribution in [1.29, 1.82) is 0 Å². The van der Waals surface area contributed by atoms with Gasteiger partial charge >= 0.3 is 0 Å². The van der Waals surface area contributed by atoms with Crippen molar-refractivity contribution in [1.82, 2.24) is 9.97 Å². The third kappa shape index (κ3) is 1.60. The fourth-order valence-corrected chi connectivity index (χ4v) is 1.37. The average molecular weight is 220 g/mol. The van der Waals surface area contributed by atoms with Gasteiger partial charge in [0, 0.05) is 11.6 Å². The van der Waals surface area contributed by atoms with Crippen LogP contribution in [0.15, 0.2) is 29.3 Å². The number of fused-ring (bicyclic) bond motifs is 1. The molecule has 0 saturated carbocycles. The normalized spacial score (nSPS) is 11.9. The van der Waals surface area contributed by atoms with Crippen LogP contribution < -0.4 is 17.0 Å². The van der Waals surface area contributed by atoms with Crippen LogP contribution in [0.2, 0.25) is 0 Å². The Morgan fingerprint density at radius 2 is 2.25 bits per heavy atom. The van der Waals surface area contributed by atoms with E-state index in [2.05, 4.69) is 9.97 Å². The summed E-state index contributed by atoms with van der Waals surface area (Å²) in [6, 6.07) is 2.70. The second kappa shape index (κ2) is 3.65. The van der Waals surface area contributed by atoms with Gasteiger partial charge < -0.3 is 16.5 Å². The first kappa shape index (κ1) is 10.2. The molecule has 0 radical (unpaired) electrons. The maximum Gasteiger partial charge on any atom is 0.259 e. The van der Waals surface area contributed by atoms with Crippen molar-refractivity contribution in [2.75, 3.05) is 0 Å². The van der Waals surface area contributed by atoms with Crippen LogP contribution in [0, 0.1) is 5.82 Å². The van der Waals surface area contributed by atoms with Crippen LogP contribution in [0.25, 0.3) is 16.7 Å². The maximum atomic E-state index is 12.9. The summed E-state index contributed by atoms with van der Waals surface area (Å²) in [6.45, 7) is 0. The molecule has 0 saturated heterocycles. The molecule has 0 aliphatic heterocycles. The molecule has 0 aliphatic rings. The summed E-state index contributed by atoms with van der Waals surface area (Å²) < 4.78 is 12.9. The molecule has 16 heavy (non-hydrogen) atoms. The minimum absolute atomic E-state index is 0.132. The topological polar surface area (TPSA) is 97.8 Å². The molecule has 82 valence electrons. The average Bonchev–Trinajstić information content (AvgIpc) is 2.28. The Labute approximate surface area is 89.6 Å². The van der Waals surface area contributed by atoms with E-state index in [0.717, 1.165) is 12.4 Å². The quantitative estimate of drug-likeness (QED) is 0.642. The third-order valence-corrected chi connectivity index (χ3v) is 2.15. The molecule has 2 aromatic rings. The molecule has 2 rings (SSSR count). The lowest BCUT2D eigenvalue weighted by Crippen LogP contribution is -2.16. The summed E-state index contributed by atoms with van der Waals surface area (Å²) in [5, 5.41) is 0.458. The van der Waals surface area contributed by atoms with Crippen LogP contribution in [0.5, 0.6) is 0 Å². The van der Waals surface area contributed by atoms with Gasteiger partial charge in [-0.1, -0.05) is 0 Å². The molecule has 0 spiro atoms. The lowest BCUT2D eigenvalue weighted by molar-refractivity contribution is 0.624. The smallest absolute Gasteiger partial charge is 0.259 e. The van der Waals surface area contributed by atoms with E-state index in [1.165, 1.54) is 12.1 Å². The van der Waals surface area contributed by atoms with E-state index in [-0.39, 0.29) is 11.3 Å². The van der Waals surface area contributed by atoms with Gasteiger partial charge in [0.2, 0.25) is 0 Å². The molecule has 0 aromatic carbocycles.